The first kappa shape index (κ1) is 19.7. The van der Waals surface area contributed by atoms with Crippen molar-refractivity contribution in [3.63, 3.8) is 0 Å². The predicted octanol–water partition coefficient (Wildman–Crippen LogP) is 3.54. The van der Waals surface area contributed by atoms with Gasteiger partial charge in [-0.1, -0.05) is 24.6 Å². The van der Waals surface area contributed by atoms with E-state index in [2.05, 4.69) is 10.6 Å². The van der Waals surface area contributed by atoms with Gasteiger partial charge < -0.3 is 15.4 Å². The molecule has 0 spiro atoms. The van der Waals surface area contributed by atoms with Crippen molar-refractivity contribution in [3.8, 4) is 0 Å². The van der Waals surface area contributed by atoms with E-state index in [9.17, 15) is 14.4 Å². The number of carbonyl (C=O) groups is 3. The number of amides is 2. The van der Waals surface area contributed by atoms with Crippen LogP contribution in [0.25, 0.3) is 0 Å². The zero-order chi connectivity index (χ0) is 19.3. The van der Waals surface area contributed by atoms with Gasteiger partial charge >= 0.3 is 5.97 Å². The Hall–Kier alpha value is -2.67. The van der Waals surface area contributed by atoms with Gasteiger partial charge in [-0.2, -0.15) is 0 Å². The number of carbonyl (C=O) groups excluding carboxylic acids is 3. The third kappa shape index (κ3) is 4.29. The Morgan fingerprint density at radius 2 is 1.73 bits per heavy atom. The standard InChI is InChI=1S/C19H22N2O4S/c1-5-10-20-17(23)15-12(3)14(19(24)25-4)18(26-15)21-16(22)13-8-6-11(2)7-9-13/h6-9H,5,10H2,1-4H3,(H,20,23)(H,21,22). The summed E-state index contributed by atoms with van der Waals surface area (Å²) < 4.78 is 4.82. The minimum Gasteiger partial charge on any atom is -0.465 e. The van der Waals surface area contributed by atoms with E-state index in [0.717, 1.165) is 23.3 Å². The van der Waals surface area contributed by atoms with Gasteiger partial charge in [-0.15, -0.1) is 11.3 Å². The van der Waals surface area contributed by atoms with Gasteiger partial charge in [0.15, 0.2) is 0 Å². The van der Waals surface area contributed by atoms with E-state index < -0.39 is 5.97 Å². The molecule has 0 fully saturated rings. The second-order valence-corrected chi connectivity index (χ2v) is 6.85. The van der Waals surface area contributed by atoms with E-state index in [1.54, 1.807) is 19.1 Å². The van der Waals surface area contributed by atoms with Gasteiger partial charge in [-0.3, -0.25) is 9.59 Å². The lowest BCUT2D eigenvalue weighted by molar-refractivity contribution is 0.0601. The number of methoxy groups -OCH3 is 1. The van der Waals surface area contributed by atoms with Gasteiger partial charge in [0.2, 0.25) is 0 Å². The highest BCUT2D eigenvalue weighted by atomic mass is 32.1. The third-order valence-corrected chi connectivity index (χ3v) is 5.02. The van der Waals surface area contributed by atoms with Gasteiger partial charge in [0.1, 0.15) is 5.00 Å². The lowest BCUT2D eigenvalue weighted by Crippen LogP contribution is -2.23. The van der Waals surface area contributed by atoms with E-state index >= 15 is 0 Å². The molecule has 0 aliphatic heterocycles. The van der Waals surface area contributed by atoms with Crippen LogP contribution < -0.4 is 10.6 Å². The molecule has 2 rings (SSSR count). The minimum atomic E-state index is -0.590. The molecule has 26 heavy (non-hydrogen) atoms. The summed E-state index contributed by atoms with van der Waals surface area (Å²) in [6.07, 6.45) is 0.803. The number of rotatable bonds is 6. The number of benzene rings is 1. The number of anilines is 1. The van der Waals surface area contributed by atoms with Gasteiger partial charge in [0, 0.05) is 12.1 Å². The summed E-state index contributed by atoms with van der Waals surface area (Å²) in [5, 5.41) is 5.82. The largest absolute Gasteiger partial charge is 0.465 e. The summed E-state index contributed by atoms with van der Waals surface area (Å²) in [6.45, 7) is 6.09. The van der Waals surface area contributed by atoms with Gasteiger partial charge in [-0.05, 0) is 38.0 Å². The average Bonchev–Trinajstić information content (AvgIpc) is 2.95. The van der Waals surface area contributed by atoms with E-state index in [0.29, 0.717) is 27.5 Å². The Labute approximate surface area is 156 Å². The molecule has 2 aromatic rings. The van der Waals surface area contributed by atoms with Crippen molar-refractivity contribution < 1.29 is 19.1 Å². The molecule has 0 aliphatic carbocycles. The summed E-state index contributed by atoms with van der Waals surface area (Å²) in [7, 11) is 1.27. The van der Waals surface area contributed by atoms with Crippen LogP contribution >= 0.6 is 11.3 Å². The molecular formula is C19H22N2O4S. The zero-order valence-electron chi connectivity index (χ0n) is 15.3. The Balaban J connectivity index is 2.36. The van der Waals surface area contributed by atoms with E-state index in [4.69, 9.17) is 4.74 Å². The number of nitrogens with one attached hydrogen (secondary N) is 2. The van der Waals surface area contributed by atoms with E-state index in [1.807, 2.05) is 26.0 Å². The molecule has 0 bridgehead atoms. The van der Waals surface area contributed by atoms with Crippen LogP contribution in [-0.4, -0.2) is 31.4 Å². The van der Waals surface area contributed by atoms with E-state index in [-0.39, 0.29) is 17.4 Å². The molecule has 0 saturated carbocycles. The summed E-state index contributed by atoms with van der Waals surface area (Å²) in [6, 6.07) is 7.08. The monoisotopic (exact) mass is 374 g/mol. The molecule has 1 aromatic carbocycles. The van der Waals surface area contributed by atoms with Crippen LogP contribution in [0.4, 0.5) is 5.00 Å². The molecule has 7 heteroatoms. The molecule has 0 aliphatic rings. The van der Waals surface area contributed by atoms with Crippen molar-refractivity contribution in [2.45, 2.75) is 27.2 Å². The summed E-state index contributed by atoms with van der Waals surface area (Å²) >= 11 is 1.07. The van der Waals surface area contributed by atoms with Crippen molar-refractivity contribution >= 4 is 34.1 Å². The topological polar surface area (TPSA) is 84.5 Å². The number of ether oxygens (including phenoxy) is 1. The number of esters is 1. The number of aryl methyl sites for hydroxylation is 1. The third-order valence-electron chi connectivity index (χ3n) is 3.82. The first-order valence-corrected chi connectivity index (χ1v) is 9.08. The average molecular weight is 374 g/mol. The Morgan fingerprint density at radius 1 is 1.08 bits per heavy atom. The molecule has 0 unspecified atom stereocenters. The van der Waals surface area contributed by atoms with Crippen LogP contribution in [0.3, 0.4) is 0 Å². The molecule has 138 valence electrons. The number of thiophene rings is 1. The molecule has 2 amide bonds. The fourth-order valence-corrected chi connectivity index (χ4v) is 3.47. The van der Waals surface area contributed by atoms with Crippen LogP contribution in [0.5, 0.6) is 0 Å². The van der Waals surface area contributed by atoms with Crippen LogP contribution in [0, 0.1) is 13.8 Å². The first-order chi connectivity index (χ1) is 12.4. The van der Waals surface area contributed by atoms with Crippen LogP contribution in [0.15, 0.2) is 24.3 Å². The molecular weight excluding hydrogens is 352 g/mol. The smallest absolute Gasteiger partial charge is 0.341 e. The maximum absolute atomic E-state index is 12.5. The quantitative estimate of drug-likeness (QED) is 0.758. The number of hydrogen-bond acceptors (Lipinski definition) is 5. The highest BCUT2D eigenvalue weighted by molar-refractivity contribution is 7.18. The molecule has 1 aromatic heterocycles. The Kier molecular flexibility index (Phi) is 6.52. The van der Waals surface area contributed by atoms with Gasteiger partial charge in [-0.25, -0.2) is 4.79 Å². The Morgan fingerprint density at radius 3 is 2.31 bits per heavy atom. The molecule has 2 N–H and O–H groups in total. The molecule has 0 saturated heterocycles. The fourth-order valence-electron chi connectivity index (χ4n) is 2.37. The normalized spacial score (nSPS) is 10.3. The minimum absolute atomic E-state index is 0.208. The molecule has 0 atom stereocenters. The number of hydrogen-bond donors (Lipinski definition) is 2. The SMILES string of the molecule is CCCNC(=O)c1sc(NC(=O)c2ccc(C)cc2)c(C(=O)OC)c1C. The highest BCUT2D eigenvalue weighted by Crippen LogP contribution is 2.34. The second-order valence-electron chi connectivity index (χ2n) is 5.83. The fraction of sp³-hybridized carbons (Fsp3) is 0.316. The van der Waals surface area contributed by atoms with Crippen molar-refractivity contribution in [1.29, 1.82) is 0 Å². The first-order valence-electron chi connectivity index (χ1n) is 8.27. The van der Waals surface area contributed by atoms with E-state index in [1.165, 1.54) is 7.11 Å². The maximum Gasteiger partial charge on any atom is 0.341 e. The molecule has 1 heterocycles. The van der Waals surface area contributed by atoms with Crippen LogP contribution in [0.1, 0.15) is 54.9 Å². The lowest BCUT2D eigenvalue weighted by Gasteiger charge is -2.06. The molecule has 6 nitrogen and oxygen atoms in total. The Bertz CT molecular complexity index is 825. The van der Waals surface area contributed by atoms with Crippen molar-refractivity contribution in [2.24, 2.45) is 0 Å². The van der Waals surface area contributed by atoms with Crippen molar-refractivity contribution in [2.75, 3.05) is 19.0 Å². The van der Waals surface area contributed by atoms with Crippen molar-refractivity contribution in [1.82, 2.24) is 5.32 Å². The van der Waals surface area contributed by atoms with Crippen LogP contribution in [0.2, 0.25) is 0 Å². The van der Waals surface area contributed by atoms with Gasteiger partial charge in [0.25, 0.3) is 11.8 Å². The van der Waals surface area contributed by atoms with Crippen LogP contribution in [-0.2, 0) is 4.74 Å². The van der Waals surface area contributed by atoms with Gasteiger partial charge in [0.05, 0.1) is 17.6 Å². The summed E-state index contributed by atoms with van der Waals surface area (Å²) in [5.41, 5.74) is 2.21. The lowest BCUT2D eigenvalue weighted by atomic mass is 10.1. The maximum atomic E-state index is 12.5. The van der Waals surface area contributed by atoms with Crippen molar-refractivity contribution in [3.05, 3.63) is 51.4 Å². The highest BCUT2D eigenvalue weighted by Gasteiger charge is 2.26. The summed E-state index contributed by atoms with van der Waals surface area (Å²) in [5.74, 6) is -1.21. The predicted molar refractivity (Wildman–Crippen MR) is 102 cm³/mol. The summed E-state index contributed by atoms with van der Waals surface area (Å²) in [4.78, 5) is 37.4. The second kappa shape index (κ2) is 8.62. The molecule has 0 radical (unpaired) electrons. The zero-order valence-corrected chi connectivity index (χ0v) is 16.1.